The van der Waals surface area contributed by atoms with E-state index in [4.69, 9.17) is 4.74 Å². The Hall–Kier alpha value is -1.45. The maximum Gasteiger partial charge on any atom is 0.340 e. The predicted molar refractivity (Wildman–Crippen MR) is 110 cm³/mol. The van der Waals surface area contributed by atoms with Gasteiger partial charge in [0.1, 0.15) is 5.60 Å². The number of esters is 1. The molecule has 1 amide bonds. The summed E-state index contributed by atoms with van der Waals surface area (Å²) < 4.78 is 10.6. The molecule has 1 fully saturated rings. The van der Waals surface area contributed by atoms with Gasteiger partial charge < -0.3 is 20.1 Å². The molecule has 0 spiro atoms. The largest absolute Gasteiger partial charge is 0.465 e. The van der Waals surface area contributed by atoms with E-state index < -0.39 is 5.97 Å². The average Bonchev–Trinajstić information content (AvgIpc) is 3.10. The minimum Gasteiger partial charge on any atom is -0.465 e. The lowest BCUT2D eigenvalue weighted by Crippen LogP contribution is -2.36. The highest BCUT2D eigenvalue weighted by Crippen LogP contribution is 2.31. The molecule has 1 saturated heterocycles. The number of carbonyl (C=O) groups excluding carboxylic acids is 3. The highest BCUT2D eigenvalue weighted by atomic mass is 79.9. The Morgan fingerprint density at radius 1 is 1.30 bits per heavy atom. The van der Waals surface area contributed by atoms with Crippen molar-refractivity contribution in [2.75, 3.05) is 19.0 Å². The number of methoxy groups -OCH3 is 1. The van der Waals surface area contributed by atoms with E-state index in [0.717, 1.165) is 23.9 Å². The van der Waals surface area contributed by atoms with Crippen LogP contribution >= 0.6 is 31.9 Å². The van der Waals surface area contributed by atoms with Crippen molar-refractivity contribution < 1.29 is 23.9 Å². The second kappa shape index (κ2) is 10.8. The summed E-state index contributed by atoms with van der Waals surface area (Å²) in [4.78, 5) is 33.6. The fraction of sp³-hybridized carbons (Fsp3) is 0.500. The third kappa shape index (κ3) is 7.98. The minimum absolute atomic E-state index is 0.143. The van der Waals surface area contributed by atoms with Crippen molar-refractivity contribution in [3.8, 4) is 0 Å². The van der Waals surface area contributed by atoms with Crippen molar-refractivity contribution in [3.05, 3.63) is 26.6 Å². The molecule has 0 saturated carbocycles. The molecule has 0 radical (unpaired) electrons. The zero-order valence-electron chi connectivity index (χ0n) is 15.7. The van der Waals surface area contributed by atoms with Gasteiger partial charge in [-0.05, 0) is 68.2 Å². The van der Waals surface area contributed by atoms with E-state index >= 15 is 0 Å². The molecule has 1 heterocycles. The Morgan fingerprint density at radius 2 is 1.96 bits per heavy atom. The van der Waals surface area contributed by atoms with Crippen molar-refractivity contribution in [1.29, 1.82) is 0 Å². The SMILES string of the molecule is CC(C)(C)OC=O.COC(=O)c1cc(Br)cc(Br)c1NC(=O)C1CCCN1. The van der Waals surface area contributed by atoms with Crippen molar-refractivity contribution in [3.63, 3.8) is 0 Å². The molecule has 150 valence electrons. The summed E-state index contributed by atoms with van der Waals surface area (Å²) >= 11 is 6.67. The Bertz CT molecular complexity index is 683. The summed E-state index contributed by atoms with van der Waals surface area (Å²) in [5.74, 6) is -0.641. The molecule has 1 aromatic rings. The third-order valence-electron chi connectivity index (χ3n) is 3.49. The third-order valence-corrected chi connectivity index (χ3v) is 4.57. The first-order chi connectivity index (χ1) is 12.6. The number of nitrogens with one attached hydrogen (secondary N) is 2. The standard InChI is InChI=1S/C13H14Br2N2O3.C5H10O2/c1-20-13(19)8-5-7(14)6-9(15)11(8)17-12(18)10-3-2-4-16-10;1-5(2,3)7-4-6/h5-6,10,16H,2-4H2,1H3,(H,17,18);4H,1-3H3. The van der Waals surface area contributed by atoms with Gasteiger partial charge >= 0.3 is 5.97 Å². The van der Waals surface area contributed by atoms with E-state index in [1.807, 2.05) is 20.8 Å². The van der Waals surface area contributed by atoms with Gasteiger partial charge in [-0.1, -0.05) is 15.9 Å². The number of halogens is 2. The molecular weight excluding hydrogens is 484 g/mol. The van der Waals surface area contributed by atoms with Gasteiger partial charge in [-0.15, -0.1) is 0 Å². The molecule has 1 aliphatic heterocycles. The first-order valence-corrected chi connectivity index (χ1v) is 9.90. The van der Waals surface area contributed by atoms with Crippen molar-refractivity contribution in [2.45, 2.75) is 45.3 Å². The number of rotatable bonds is 4. The molecule has 2 N–H and O–H groups in total. The zero-order valence-corrected chi connectivity index (χ0v) is 18.9. The summed E-state index contributed by atoms with van der Waals surface area (Å²) in [5, 5.41) is 5.91. The smallest absolute Gasteiger partial charge is 0.340 e. The molecular formula is C18H24Br2N2O5. The van der Waals surface area contributed by atoms with Crippen LogP contribution in [0.15, 0.2) is 21.1 Å². The highest BCUT2D eigenvalue weighted by molar-refractivity contribution is 9.11. The van der Waals surface area contributed by atoms with Crippen LogP contribution in [0.5, 0.6) is 0 Å². The van der Waals surface area contributed by atoms with E-state index in [1.165, 1.54) is 7.11 Å². The number of hydrogen-bond donors (Lipinski definition) is 2. The monoisotopic (exact) mass is 506 g/mol. The van der Waals surface area contributed by atoms with Crippen LogP contribution in [-0.2, 0) is 19.1 Å². The van der Waals surface area contributed by atoms with Gasteiger partial charge in [-0.25, -0.2) is 4.79 Å². The molecule has 1 aliphatic rings. The number of anilines is 1. The number of carbonyl (C=O) groups is 3. The van der Waals surface area contributed by atoms with Gasteiger partial charge in [0.05, 0.1) is 24.4 Å². The quantitative estimate of drug-likeness (QED) is 0.477. The van der Waals surface area contributed by atoms with Gasteiger partial charge in [0.2, 0.25) is 5.91 Å². The summed E-state index contributed by atoms with van der Waals surface area (Å²) in [7, 11) is 1.31. The molecule has 7 nitrogen and oxygen atoms in total. The van der Waals surface area contributed by atoms with Gasteiger partial charge in [0.15, 0.2) is 0 Å². The molecule has 9 heteroatoms. The Kier molecular flexibility index (Phi) is 9.41. The van der Waals surface area contributed by atoms with Crippen LogP contribution in [-0.4, -0.2) is 43.6 Å². The Morgan fingerprint density at radius 3 is 2.41 bits per heavy atom. The Labute approximate surface area is 175 Å². The van der Waals surface area contributed by atoms with Crippen molar-refractivity contribution in [2.24, 2.45) is 0 Å². The van der Waals surface area contributed by atoms with Gasteiger partial charge in [-0.2, -0.15) is 0 Å². The number of hydrogen-bond acceptors (Lipinski definition) is 6. The van der Waals surface area contributed by atoms with Crippen LogP contribution in [0.2, 0.25) is 0 Å². The molecule has 27 heavy (non-hydrogen) atoms. The summed E-state index contributed by atoms with van der Waals surface area (Å²) in [6, 6.07) is 3.18. The first-order valence-electron chi connectivity index (χ1n) is 8.32. The maximum atomic E-state index is 12.2. The normalized spacial score (nSPS) is 16.0. The summed E-state index contributed by atoms with van der Waals surface area (Å²) in [5.41, 5.74) is 0.417. The highest BCUT2D eigenvalue weighted by Gasteiger charge is 2.25. The van der Waals surface area contributed by atoms with Crippen LogP contribution in [0.25, 0.3) is 0 Å². The summed E-state index contributed by atoms with van der Waals surface area (Å²) in [6.07, 6.45) is 1.77. The minimum atomic E-state index is -0.498. The van der Waals surface area contributed by atoms with Gasteiger partial charge in [-0.3, -0.25) is 9.59 Å². The molecule has 1 aromatic carbocycles. The topological polar surface area (TPSA) is 93.7 Å². The second-order valence-electron chi connectivity index (χ2n) is 6.77. The van der Waals surface area contributed by atoms with Crippen LogP contribution in [0.4, 0.5) is 5.69 Å². The lowest BCUT2D eigenvalue weighted by molar-refractivity contribution is -0.138. The molecule has 2 rings (SSSR count). The van der Waals surface area contributed by atoms with E-state index in [2.05, 4.69) is 47.2 Å². The van der Waals surface area contributed by atoms with E-state index in [9.17, 15) is 14.4 Å². The predicted octanol–water partition coefficient (Wildman–Crippen LogP) is 3.65. The number of benzene rings is 1. The second-order valence-corrected chi connectivity index (χ2v) is 8.54. The van der Waals surface area contributed by atoms with Crippen LogP contribution < -0.4 is 10.6 Å². The van der Waals surface area contributed by atoms with E-state index in [1.54, 1.807) is 12.1 Å². The summed E-state index contributed by atoms with van der Waals surface area (Å²) in [6.45, 7) is 6.76. The zero-order chi connectivity index (χ0) is 20.6. The molecule has 1 atom stereocenters. The van der Waals surface area contributed by atoms with E-state index in [0.29, 0.717) is 22.2 Å². The number of ether oxygens (including phenoxy) is 2. The van der Waals surface area contributed by atoms with Crippen LogP contribution in [0, 0.1) is 0 Å². The van der Waals surface area contributed by atoms with Crippen LogP contribution in [0.1, 0.15) is 44.0 Å². The van der Waals surface area contributed by atoms with Crippen molar-refractivity contribution in [1.82, 2.24) is 5.32 Å². The maximum absolute atomic E-state index is 12.2. The number of amides is 1. The molecule has 1 unspecified atom stereocenters. The lowest BCUT2D eigenvalue weighted by atomic mass is 10.1. The molecule has 0 aliphatic carbocycles. The lowest BCUT2D eigenvalue weighted by Gasteiger charge is -2.15. The first kappa shape index (κ1) is 23.6. The van der Waals surface area contributed by atoms with E-state index in [-0.39, 0.29) is 17.6 Å². The van der Waals surface area contributed by atoms with Gasteiger partial charge in [0.25, 0.3) is 6.47 Å². The van der Waals surface area contributed by atoms with Crippen LogP contribution in [0.3, 0.4) is 0 Å². The average molecular weight is 508 g/mol. The fourth-order valence-electron chi connectivity index (χ4n) is 2.23. The van der Waals surface area contributed by atoms with Crippen molar-refractivity contribution >= 4 is 55.9 Å². The Balaban J connectivity index is 0.000000445. The molecule has 0 aromatic heterocycles. The van der Waals surface area contributed by atoms with Gasteiger partial charge in [0, 0.05) is 8.95 Å². The fourth-order valence-corrected chi connectivity index (χ4v) is 3.56. The molecule has 0 bridgehead atoms.